The van der Waals surface area contributed by atoms with Crippen molar-refractivity contribution in [1.29, 1.82) is 0 Å². The van der Waals surface area contributed by atoms with Crippen molar-refractivity contribution in [3.05, 3.63) is 81.7 Å². The smallest absolute Gasteiger partial charge is 0.492 e. The van der Waals surface area contributed by atoms with E-state index in [0.29, 0.717) is 19.1 Å². The predicted octanol–water partition coefficient (Wildman–Crippen LogP) is 6.53. The van der Waals surface area contributed by atoms with Crippen LogP contribution in [0.25, 0.3) is 0 Å². The summed E-state index contributed by atoms with van der Waals surface area (Å²) in [6.45, 7) is 23.3. The molecule has 3 aromatic carbocycles. The quantitative estimate of drug-likeness (QED) is 0.159. The molecule has 57 heavy (non-hydrogen) atoms. The predicted molar refractivity (Wildman–Crippen MR) is 236 cm³/mol. The minimum atomic E-state index is -0.322. The fourth-order valence-electron chi connectivity index (χ4n) is 5.67. The van der Waals surface area contributed by atoms with Crippen molar-refractivity contribution >= 4 is 56.0 Å². The lowest BCUT2D eigenvalue weighted by Gasteiger charge is -2.32. The van der Waals surface area contributed by atoms with E-state index in [1.54, 1.807) is 0 Å². The van der Waals surface area contributed by atoms with Gasteiger partial charge in [0, 0.05) is 61.3 Å². The number of hydrogen-bond donors (Lipinski definition) is 1. The molecule has 0 aliphatic carbocycles. The van der Waals surface area contributed by atoms with Crippen molar-refractivity contribution in [3.63, 3.8) is 0 Å². The summed E-state index contributed by atoms with van der Waals surface area (Å²) in [6, 6.07) is 23.6. The van der Waals surface area contributed by atoms with Gasteiger partial charge in [-0.25, -0.2) is 0 Å². The van der Waals surface area contributed by atoms with Crippen LogP contribution >= 0.6 is 43.5 Å². The summed E-state index contributed by atoms with van der Waals surface area (Å²) in [5, 5.41) is 3.16. The van der Waals surface area contributed by atoms with Gasteiger partial charge in [0.2, 0.25) is 0 Å². The van der Waals surface area contributed by atoms with Crippen molar-refractivity contribution in [2.45, 2.75) is 38.9 Å². The molecule has 1 N–H and O–H groups in total. The molecule has 3 aromatic rings. The van der Waals surface area contributed by atoms with Gasteiger partial charge in [-0.3, -0.25) is 9.80 Å². The van der Waals surface area contributed by atoms with Gasteiger partial charge in [0.1, 0.15) is 37.1 Å². The van der Waals surface area contributed by atoms with Gasteiger partial charge >= 0.3 is 7.12 Å². The van der Waals surface area contributed by atoms with Crippen LogP contribution < -0.4 is 25.0 Å². The molecular weight excluding hydrogens is 881 g/mol. The summed E-state index contributed by atoms with van der Waals surface area (Å²) in [6.07, 6.45) is 0. The maximum atomic E-state index is 6.07. The monoisotopic (exact) mass is 939 g/mol. The van der Waals surface area contributed by atoms with Crippen LogP contribution in [-0.2, 0) is 23.5 Å². The third-order valence-electron chi connectivity index (χ3n) is 9.78. The van der Waals surface area contributed by atoms with E-state index in [1.807, 2.05) is 72.8 Å². The lowest BCUT2D eigenvalue weighted by Crippen LogP contribution is -2.41. The molecule has 0 radical (unpaired) electrons. The Balaban J connectivity index is 0.000000187. The average Bonchev–Trinajstić information content (AvgIpc) is 3.46. The first-order chi connectivity index (χ1) is 27.5. The van der Waals surface area contributed by atoms with Crippen LogP contribution in [0.1, 0.15) is 27.7 Å². The van der Waals surface area contributed by atoms with E-state index in [-0.39, 0.29) is 18.3 Å². The zero-order valence-electron chi connectivity index (χ0n) is 34.0. The van der Waals surface area contributed by atoms with E-state index in [4.69, 9.17) is 49.3 Å². The summed E-state index contributed by atoms with van der Waals surface area (Å²) in [4.78, 5) is 4.73. The number of ether oxygens (including phenoxy) is 6. The van der Waals surface area contributed by atoms with Crippen molar-refractivity contribution in [1.82, 2.24) is 15.1 Å². The van der Waals surface area contributed by atoms with Crippen molar-refractivity contribution < 1.29 is 37.7 Å². The second-order valence-corrected chi connectivity index (χ2v) is 16.8. The highest BCUT2D eigenvalue weighted by Crippen LogP contribution is 2.36. The molecule has 4 saturated heterocycles. The SMILES string of the molecule is Brc1ccc(OCCN2CCOCC2)cc1.C1COCCN1.CC1(C)OB(c2ccc(OCCN3CCOCC3)cc2)OC1(C)C.ClCCOc1ccc(Br)cc1. The zero-order valence-corrected chi connectivity index (χ0v) is 38.0. The van der Waals surface area contributed by atoms with E-state index in [9.17, 15) is 0 Å². The summed E-state index contributed by atoms with van der Waals surface area (Å²) >= 11 is 12.2. The largest absolute Gasteiger partial charge is 0.494 e. The van der Waals surface area contributed by atoms with Gasteiger partial charge in [0.15, 0.2) is 0 Å². The Morgan fingerprint density at radius 1 is 0.579 bits per heavy atom. The molecule has 0 amide bonds. The fraction of sp³-hybridized carbons (Fsp3) is 0.571. The number of morpholine rings is 3. The van der Waals surface area contributed by atoms with Crippen LogP contribution in [0.3, 0.4) is 0 Å². The average molecular weight is 942 g/mol. The number of alkyl halides is 1. The number of rotatable bonds is 12. The molecule has 0 unspecified atom stereocenters. The molecule has 4 aliphatic heterocycles. The van der Waals surface area contributed by atoms with Gasteiger partial charge in [0.25, 0.3) is 0 Å². The highest BCUT2D eigenvalue weighted by atomic mass is 79.9. The molecule has 4 fully saturated rings. The third kappa shape index (κ3) is 18.5. The van der Waals surface area contributed by atoms with Crippen LogP contribution in [0.5, 0.6) is 17.2 Å². The first kappa shape index (κ1) is 47.7. The van der Waals surface area contributed by atoms with Crippen LogP contribution in [0.15, 0.2) is 81.7 Å². The van der Waals surface area contributed by atoms with E-state index in [2.05, 4.69) is 74.7 Å². The van der Waals surface area contributed by atoms with Crippen LogP contribution in [0.2, 0.25) is 0 Å². The molecule has 0 aromatic heterocycles. The maximum Gasteiger partial charge on any atom is 0.494 e. The Bertz CT molecular complexity index is 1470. The highest BCUT2D eigenvalue weighted by molar-refractivity contribution is 9.10. The number of benzene rings is 3. The number of nitrogens with one attached hydrogen (secondary N) is 1. The Kier molecular flexibility index (Phi) is 22.0. The zero-order chi connectivity index (χ0) is 40.8. The molecule has 316 valence electrons. The molecular formula is C42H61BBr2ClN3O8. The number of hydrogen-bond acceptors (Lipinski definition) is 11. The van der Waals surface area contributed by atoms with Gasteiger partial charge in [-0.05, 0) is 93.8 Å². The molecule has 11 nitrogen and oxygen atoms in total. The van der Waals surface area contributed by atoms with Crippen molar-refractivity contribution in [2.75, 3.05) is 118 Å². The maximum absolute atomic E-state index is 6.07. The summed E-state index contributed by atoms with van der Waals surface area (Å²) in [5.74, 6) is 3.18. The van der Waals surface area contributed by atoms with Crippen LogP contribution in [0.4, 0.5) is 0 Å². The lowest BCUT2D eigenvalue weighted by molar-refractivity contribution is 0.00578. The van der Waals surface area contributed by atoms with Gasteiger partial charge in [-0.15, -0.1) is 11.6 Å². The summed E-state index contributed by atoms with van der Waals surface area (Å²) in [7, 11) is -0.322. The Labute approximate surface area is 362 Å². The molecule has 7 rings (SSSR count). The molecule has 0 bridgehead atoms. The summed E-state index contributed by atoms with van der Waals surface area (Å²) in [5.41, 5.74) is 0.393. The van der Waals surface area contributed by atoms with Gasteiger partial charge < -0.3 is 43.0 Å². The van der Waals surface area contributed by atoms with E-state index in [1.165, 1.54) is 0 Å². The topological polar surface area (TPSA) is 92.4 Å². The normalized spacial score (nSPS) is 19.1. The first-order valence-electron chi connectivity index (χ1n) is 19.8. The standard InChI is InChI=1S/C18H28BNO4.C12H16BrNO2.C8H8BrClO.C4H9NO/c1-17(2)18(3,4)24-19(23-17)15-5-7-16(8-6-15)22-14-11-20-9-12-21-13-10-20;13-11-1-3-12(4-2-11)16-10-7-14-5-8-15-9-6-14;9-7-1-3-8(4-2-7)11-6-5-10;1-3-6-4-2-5-1/h5-8H,9-14H2,1-4H3;1-4H,5-10H2;1-4H,5-6H2;5H,1-4H2. The molecule has 4 heterocycles. The Morgan fingerprint density at radius 3 is 1.30 bits per heavy atom. The third-order valence-corrected chi connectivity index (χ3v) is 11.0. The minimum absolute atomic E-state index is 0.314. The van der Waals surface area contributed by atoms with Gasteiger partial charge in [-0.1, -0.05) is 44.0 Å². The highest BCUT2D eigenvalue weighted by Gasteiger charge is 2.51. The second-order valence-electron chi connectivity index (χ2n) is 14.6. The minimum Gasteiger partial charge on any atom is -0.492 e. The lowest BCUT2D eigenvalue weighted by atomic mass is 9.79. The van der Waals surface area contributed by atoms with Crippen molar-refractivity contribution in [3.8, 4) is 17.2 Å². The van der Waals surface area contributed by atoms with E-state index >= 15 is 0 Å². The molecule has 0 atom stereocenters. The summed E-state index contributed by atoms with van der Waals surface area (Å²) < 4.78 is 46.7. The number of halogens is 3. The molecule has 4 aliphatic rings. The Hall–Kier alpha value is -1.95. The Morgan fingerprint density at radius 2 is 0.947 bits per heavy atom. The number of nitrogens with zero attached hydrogens (tertiary/aromatic N) is 2. The van der Waals surface area contributed by atoms with Crippen LogP contribution in [0, 0.1) is 0 Å². The van der Waals surface area contributed by atoms with Crippen molar-refractivity contribution in [2.24, 2.45) is 0 Å². The first-order valence-corrected chi connectivity index (χ1v) is 22.0. The second kappa shape index (κ2) is 26.3. The van der Waals surface area contributed by atoms with Gasteiger partial charge in [-0.2, -0.15) is 0 Å². The molecule has 0 saturated carbocycles. The molecule has 0 spiro atoms. The van der Waals surface area contributed by atoms with Crippen LogP contribution in [-0.4, -0.2) is 146 Å². The fourth-order valence-corrected chi connectivity index (χ4v) is 6.27. The van der Waals surface area contributed by atoms with E-state index < -0.39 is 0 Å². The van der Waals surface area contributed by atoms with Gasteiger partial charge in [0.05, 0.1) is 56.7 Å². The van der Waals surface area contributed by atoms with E-state index in [0.717, 1.165) is 130 Å². The molecule has 15 heteroatoms.